The van der Waals surface area contributed by atoms with Gasteiger partial charge in [0.1, 0.15) is 23.4 Å². The van der Waals surface area contributed by atoms with Gasteiger partial charge in [0.25, 0.3) is 11.8 Å². The fourth-order valence-electron chi connectivity index (χ4n) is 3.48. The van der Waals surface area contributed by atoms with Crippen molar-refractivity contribution in [3.63, 3.8) is 0 Å². The minimum Gasteiger partial charge on any atom is -0.496 e. The average molecular weight is 441 g/mol. The zero-order chi connectivity index (χ0) is 23.0. The maximum atomic E-state index is 13.7. The molecule has 7 nitrogen and oxygen atoms in total. The van der Waals surface area contributed by atoms with E-state index in [1.165, 1.54) is 31.5 Å². The second kappa shape index (κ2) is 8.14. The molecule has 31 heavy (non-hydrogen) atoms. The molecule has 3 atom stereocenters. The highest BCUT2D eigenvalue weighted by atomic mass is 19.4. The Hall–Kier alpha value is -3.21. The van der Waals surface area contributed by atoms with Crippen LogP contribution in [0.25, 0.3) is 0 Å². The van der Waals surface area contributed by atoms with Crippen molar-refractivity contribution in [3.05, 3.63) is 53.6 Å². The second-order valence-corrected chi connectivity index (χ2v) is 7.25. The number of pyridine rings is 1. The molecule has 11 heteroatoms. The van der Waals surface area contributed by atoms with Crippen molar-refractivity contribution in [2.75, 3.05) is 12.4 Å². The smallest absolute Gasteiger partial charge is 0.417 e. The van der Waals surface area contributed by atoms with E-state index in [1.54, 1.807) is 0 Å². The summed E-state index contributed by atoms with van der Waals surface area (Å²) in [6, 6.07) is 5.89. The molecule has 1 fully saturated rings. The summed E-state index contributed by atoms with van der Waals surface area (Å²) in [6.07, 6.45) is -5.70. The van der Waals surface area contributed by atoms with E-state index in [0.717, 1.165) is 19.1 Å². The Labute approximate surface area is 174 Å². The number of hydrogen-bond acceptors (Lipinski definition) is 5. The van der Waals surface area contributed by atoms with Crippen molar-refractivity contribution in [3.8, 4) is 5.75 Å². The summed E-state index contributed by atoms with van der Waals surface area (Å²) in [7, 11) is 1.24. The van der Waals surface area contributed by atoms with Gasteiger partial charge in [-0.1, -0.05) is 6.07 Å². The van der Waals surface area contributed by atoms with E-state index in [2.05, 4.69) is 10.3 Å². The molecular formula is C20H19F4N3O4. The molecule has 1 saturated heterocycles. The normalized spacial score (nSPS) is 23.4. The SMILES string of the molecule is COc1cc(F)ccc1C1CC(C)(C(F)(F)F)OC1C(=O)Nc1ccnc(C(N)=O)c1. The number of nitrogens with one attached hydrogen (secondary N) is 1. The lowest BCUT2D eigenvalue weighted by atomic mass is 9.86. The maximum absolute atomic E-state index is 13.7. The number of methoxy groups -OCH3 is 1. The van der Waals surface area contributed by atoms with E-state index in [9.17, 15) is 27.2 Å². The molecule has 1 aromatic carbocycles. The van der Waals surface area contributed by atoms with Crippen molar-refractivity contribution in [2.45, 2.75) is 37.1 Å². The van der Waals surface area contributed by atoms with Crippen LogP contribution in [0.2, 0.25) is 0 Å². The van der Waals surface area contributed by atoms with Crippen LogP contribution in [-0.2, 0) is 9.53 Å². The van der Waals surface area contributed by atoms with Crippen LogP contribution in [0.15, 0.2) is 36.5 Å². The molecule has 0 bridgehead atoms. The number of ether oxygens (including phenoxy) is 2. The van der Waals surface area contributed by atoms with Gasteiger partial charge in [-0.05, 0) is 31.5 Å². The van der Waals surface area contributed by atoms with Crippen molar-refractivity contribution >= 4 is 17.5 Å². The van der Waals surface area contributed by atoms with Crippen molar-refractivity contribution in [1.29, 1.82) is 0 Å². The molecule has 0 radical (unpaired) electrons. The van der Waals surface area contributed by atoms with Gasteiger partial charge in [-0.15, -0.1) is 0 Å². The van der Waals surface area contributed by atoms with Crippen LogP contribution in [0.1, 0.15) is 35.3 Å². The van der Waals surface area contributed by atoms with Crippen LogP contribution in [0, 0.1) is 5.82 Å². The molecule has 2 amide bonds. The Bertz CT molecular complexity index is 1010. The van der Waals surface area contributed by atoms with Crippen LogP contribution in [0.5, 0.6) is 5.75 Å². The van der Waals surface area contributed by atoms with E-state index in [4.69, 9.17) is 15.2 Å². The molecule has 1 aromatic heterocycles. The third kappa shape index (κ3) is 4.46. The number of amides is 2. The predicted molar refractivity (Wildman–Crippen MR) is 101 cm³/mol. The van der Waals surface area contributed by atoms with Gasteiger partial charge in [0.15, 0.2) is 5.60 Å². The van der Waals surface area contributed by atoms with Crippen LogP contribution in [0.4, 0.5) is 23.2 Å². The largest absolute Gasteiger partial charge is 0.496 e. The van der Waals surface area contributed by atoms with Crippen LogP contribution in [0.3, 0.4) is 0 Å². The first-order valence-electron chi connectivity index (χ1n) is 9.10. The number of primary amides is 1. The number of aromatic nitrogens is 1. The highest BCUT2D eigenvalue weighted by Gasteiger charge is 2.61. The highest BCUT2D eigenvalue weighted by molar-refractivity contribution is 5.97. The summed E-state index contributed by atoms with van der Waals surface area (Å²) in [5.74, 6) is -3.45. The second-order valence-electron chi connectivity index (χ2n) is 7.25. The van der Waals surface area contributed by atoms with Crippen molar-refractivity contribution in [1.82, 2.24) is 4.98 Å². The summed E-state index contributed by atoms with van der Waals surface area (Å²) < 4.78 is 65.0. The third-order valence-corrected chi connectivity index (χ3v) is 5.09. The maximum Gasteiger partial charge on any atom is 0.417 e. The van der Waals surface area contributed by atoms with E-state index >= 15 is 0 Å². The van der Waals surface area contributed by atoms with E-state index in [-0.39, 0.29) is 22.7 Å². The van der Waals surface area contributed by atoms with Gasteiger partial charge in [0, 0.05) is 29.4 Å². The summed E-state index contributed by atoms with van der Waals surface area (Å²) in [5, 5.41) is 2.42. The fourth-order valence-corrected chi connectivity index (χ4v) is 3.48. The Morgan fingerprint density at radius 1 is 1.29 bits per heavy atom. The number of carbonyl (C=O) groups excluding carboxylic acids is 2. The zero-order valence-electron chi connectivity index (χ0n) is 16.5. The number of alkyl halides is 3. The third-order valence-electron chi connectivity index (χ3n) is 5.09. The molecule has 2 heterocycles. The number of anilines is 1. The standard InChI is InChI=1S/C20H19F4N3O4/c1-19(20(22,23)24)9-13(12-4-3-10(21)7-15(12)30-2)16(31-19)18(29)27-11-5-6-26-14(8-11)17(25)28/h3-8,13,16H,9H2,1-2H3,(H2,25,28)(H,26,27,29). The van der Waals surface area contributed by atoms with Crippen LogP contribution in [-0.4, -0.2) is 41.8 Å². The number of benzene rings is 1. The zero-order valence-corrected chi connectivity index (χ0v) is 16.5. The molecule has 0 saturated carbocycles. The first-order chi connectivity index (χ1) is 14.4. The highest BCUT2D eigenvalue weighted by Crippen LogP contribution is 2.51. The minimum absolute atomic E-state index is 0.00208. The molecule has 166 valence electrons. The lowest BCUT2D eigenvalue weighted by Gasteiger charge is -2.27. The van der Waals surface area contributed by atoms with E-state index < -0.39 is 47.9 Å². The molecule has 0 spiro atoms. The van der Waals surface area contributed by atoms with Gasteiger partial charge in [0.05, 0.1) is 7.11 Å². The lowest BCUT2D eigenvalue weighted by molar-refractivity contribution is -0.261. The van der Waals surface area contributed by atoms with Gasteiger partial charge in [0.2, 0.25) is 0 Å². The summed E-state index contributed by atoms with van der Waals surface area (Å²) in [4.78, 5) is 27.9. The Morgan fingerprint density at radius 2 is 2.00 bits per heavy atom. The molecule has 3 unspecified atom stereocenters. The van der Waals surface area contributed by atoms with E-state index in [1.807, 2.05) is 0 Å². The van der Waals surface area contributed by atoms with Crippen LogP contribution < -0.4 is 15.8 Å². The average Bonchev–Trinajstić information content (AvgIpc) is 3.07. The number of rotatable bonds is 5. The van der Waals surface area contributed by atoms with Gasteiger partial charge in [-0.25, -0.2) is 4.39 Å². The first kappa shape index (κ1) is 22.5. The van der Waals surface area contributed by atoms with Crippen molar-refractivity contribution < 1.29 is 36.6 Å². The van der Waals surface area contributed by atoms with Gasteiger partial charge in [-0.2, -0.15) is 13.2 Å². The van der Waals surface area contributed by atoms with Gasteiger partial charge in [-0.3, -0.25) is 14.6 Å². The van der Waals surface area contributed by atoms with Gasteiger partial charge < -0.3 is 20.5 Å². The van der Waals surface area contributed by atoms with Gasteiger partial charge >= 0.3 is 6.18 Å². The molecule has 1 aliphatic heterocycles. The van der Waals surface area contributed by atoms with Crippen molar-refractivity contribution in [2.24, 2.45) is 5.73 Å². The monoisotopic (exact) mass is 441 g/mol. The van der Waals surface area contributed by atoms with Crippen LogP contribution >= 0.6 is 0 Å². The number of carbonyl (C=O) groups is 2. The molecule has 3 N–H and O–H groups in total. The minimum atomic E-state index is -4.76. The summed E-state index contributed by atoms with van der Waals surface area (Å²) in [6.45, 7) is 0.848. The topological polar surface area (TPSA) is 104 Å². The summed E-state index contributed by atoms with van der Waals surface area (Å²) >= 11 is 0. The fraction of sp³-hybridized carbons (Fsp3) is 0.350. The number of nitrogens with two attached hydrogens (primary N) is 1. The Balaban J connectivity index is 1.97. The molecule has 3 rings (SSSR count). The Kier molecular flexibility index (Phi) is 5.90. The number of halogens is 4. The lowest BCUT2D eigenvalue weighted by Crippen LogP contribution is -2.43. The Morgan fingerprint density at radius 3 is 2.61 bits per heavy atom. The molecule has 0 aliphatic carbocycles. The molecular weight excluding hydrogens is 422 g/mol. The predicted octanol–water partition coefficient (Wildman–Crippen LogP) is 3.16. The molecule has 1 aliphatic rings. The quantitative estimate of drug-likeness (QED) is 0.694. The first-order valence-corrected chi connectivity index (χ1v) is 9.10. The molecule has 2 aromatic rings. The van der Waals surface area contributed by atoms with E-state index in [0.29, 0.717) is 0 Å². The summed E-state index contributed by atoms with van der Waals surface area (Å²) in [5.41, 5.74) is 2.70. The number of hydrogen-bond donors (Lipinski definition) is 2. The number of nitrogens with zero attached hydrogens (tertiary/aromatic N) is 1.